The van der Waals surface area contributed by atoms with Crippen LogP contribution in [0.15, 0.2) is 48.5 Å². The summed E-state index contributed by atoms with van der Waals surface area (Å²) in [5.74, 6) is 1.25. The second-order valence-corrected chi connectivity index (χ2v) is 8.31. The van der Waals surface area contributed by atoms with Crippen LogP contribution in [0.1, 0.15) is 22.5 Å². The van der Waals surface area contributed by atoms with Crippen molar-refractivity contribution >= 4 is 16.7 Å². The summed E-state index contributed by atoms with van der Waals surface area (Å²) in [7, 11) is 0. The summed E-state index contributed by atoms with van der Waals surface area (Å²) in [5, 5.41) is 22.8. The topological polar surface area (TPSA) is 86.8 Å². The smallest absolute Gasteiger partial charge is 0.165 e. The number of hydrogen-bond acceptors (Lipinski definition) is 7. The minimum Gasteiger partial charge on any atom is -0.353 e. The third-order valence-corrected chi connectivity index (χ3v) is 5.96. The molecule has 2 aromatic carbocycles. The molecule has 0 amide bonds. The van der Waals surface area contributed by atoms with Gasteiger partial charge in [-0.3, -0.25) is 4.90 Å². The first-order chi connectivity index (χ1) is 16.1. The zero-order valence-electron chi connectivity index (χ0n) is 18.3. The van der Waals surface area contributed by atoms with E-state index in [0.29, 0.717) is 18.7 Å². The molecule has 1 aliphatic heterocycles. The maximum Gasteiger partial charge on any atom is 0.165 e. The SMILES string of the molecule is Cc1ccc2nc(N3CCN(Cc4nnnn4Cc4ccc(F)cc4)CC3)c(C#N)cc2c1. The van der Waals surface area contributed by atoms with Crippen LogP contribution in [0.25, 0.3) is 10.9 Å². The standard InChI is InChI=1S/C24H23FN8/c1-17-2-7-22-19(12-17)13-20(14-26)24(27-22)32-10-8-31(9-11-32)16-23-28-29-30-33(23)15-18-3-5-21(25)6-4-18/h2-7,12-13H,8-11,15-16H2,1H3. The highest BCUT2D eigenvalue weighted by molar-refractivity contribution is 5.83. The second kappa shape index (κ2) is 8.92. The van der Waals surface area contributed by atoms with Crippen molar-refractivity contribution in [3.8, 4) is 6.07 Å². The maximum absolute atomic E-state index is 13.2. The van der Waals surface area contributed by atoms with Crippen LogP contribution in [0.4, 0.5) is 10.2 Å². The number of nitriles is 1. The molecule has 0 unspecified atom stereocenters. The number of aromatic nitrogens is 5. The van der Waals surface area contributed by atoms with Crippen LogP contribution in [-0.2, 0) is 13.1 Å². The molecule has 166 valence electrons. The van der Waals surface area contributed by atoms with E-state index in [1.54, 1.807) is 16.8 Å². The van der Waals surface area contributed by atoms with Crippen LogP contribution < -0.4 is 4.90 Å². The Bertz CT molecular complexity index is 1320. The molecule has 2 aromatic heterocycles. The minimum absolute atomic E-state index is 0.260. The molecule has 9 heteroatoms. The van der Waals surface area contributed by atoms with Gasteiger partial charge < -0.3 is 4.90 Å². The molecule has 33 heavy (non-hydrogen) atoms. The van der Waals surface area contributed by atoms with Crippen molar-refractivity contribution in [3.05, 3.63) is 76.9 Å². The van der Waals surface area contributed by atoms with Gasteiger partial charge in [-0.2, -0.15) is 5.26 Å². The molecule has 1 saturated heterocycles. The molecule has 0 bridgehead atoms. The van der Waals surface area contributed by atoms with E-state index in [0.717, 1.165) is 59.9 Å². The quantitative estimate of drug-likeness (QED) is 0.470. The van der Waals surface area contributed by atoms with E-state index in [1.807, 2.05) is 25.1 Å². The predicted molar refractivity (Wildman–Crippen MR) is 122 cm³/mol. The number of benzene rings is 2. The number of piperazine rings is 1. The van der Waals surface area contributed by atoms with Gasteiger partial charge in [0.1, 0.15) is 17.7 Å². The first-order valence-corrected chi connectivity index (χ1v) is 10.9. The van der Waals surface area contributed by atoms with Crippen molar-refractivity contribution in [1.82, 2.24) is 30.1 Å². The van der Waals surface area contributed by atoms with Gasteiger partial charge in [0, 0.05) is 31.6 Å². The average Bonchev–Trinajstić information content (AvgIpc) is 3.26. The van der Waals surface area contributed by atoms with Crippen molar-refractivity contribution in [2.24, 2.45) is 0 Å². The fraction of sp³-hybridized carbons (Fsp3) is 0.292. The zero-order chi connectivity index (χ0) is 22.8. The van der Waals surface area contributed by atoms with Crippen LogP contribution in [-0.4, -0.2) is 56.3 Å². The first-order valence-electron chi connectivity index (χ1n) is 10.9. The fourth-order valence-corrected chi connectivity index (χ4v) is 4.15. The molecule has 0 atom stereocenters. The number of rotatable bonds is 5. The van der Waals surface area contributed by atoms with E-state index in [4.69, 9.17) is 4.98 Å². The Balaban J connectivity index is 1.26. The summed E-state index contributed by atoms with van der Waals surface area (Å²) in [6.07, 6.45) is 0. The van der Waals surface area contributed by atoms with Crippen molar-refractivity contribution in [1.29, 1.82) is 5.26 Å². The number of hydrogen-bond donors (Lipinski definition) is 0. The van der Waals surface area contributed by atoms with Gasteiger partial charge >= 0.3 is 0 Å². The van der Waals surface area contributed by atoms with Crippen molar-refractivity contribution in [3.63, 3.8) is 0 Å². The van der Waals surface area contributed by atoms with Gasteiger partial charge in [-0.25, -0.2) is 14.1 Å². The second-order valence-electron chi connectivity index (χ2n) is 8.31. The summed E-state index contributed by atoms with van der Waals surface area (Å²) >= 11 is 0. The average molecular weight is 443 g/mol. The van der Waals surface area contributed by atoms with Crippen LogP contribution >= 0.6 is 0 Å². The largest absolute Gasteiger partial charge is 0.353 e. The van der Waals surface area contributed by atoms with Gasteiger partial charge in [0.25, 0.3) is 0 Å². The van der Waals surface area contributed by atoms with Gasteiger partial charge in [0.05, 0.1) is 24.2 Å². The lowest BCUT2D eigenvalue weighted by atomic mass is 10.1. The normalized spacial score (nSPS) is 14.5. The Morgan fingerprint density at radius 1 is 1.00 bits per heavy atom. The Hall–Kier alpha value is -3.90. The van der Waals surface area contributed by atoms with Crippen LogP contribution in [0, 0.1) is 24.1 Å². The molecule has 1 fully saturated rings. The minimum atomic E-state index is -0.260. The third kappa shape index (κ3) is 4.52. The molecule has 0 radical (unpaired) electrons. The Kier molecular flexibility index (Phi) is 5.67. The molecule has 8 nitrogen and oxygen atoms in total. The lowest BCUT2D eigenvalue weighted by Crippen LogP contribution is -2.46. The Morgan fingerprint density at radius 3 is 2.55 bits per heavy atom. The van der Waals surface area contributed by atoms with E-state index in [9.17, 15) is 9.65 Å². The number of tetrazole rings is 1. The number of fused-ring (bicyclic) bond motifs is 1. The fourth-order valence-electron chi connectivity index (χ4n) is 4.15. The van der Waals surface area contributed by atoms with Gasteiger partial charge in [-0.15, -0.1) is 5.10 Å². The lowest BCUT2D eigenvalue weighted by molar-refractivity contribution is 0.239. The van der Waals surface area contributed by atoms with E-state index in [1.165, 1.54) is 12.1 Å². The van der Waals surface area contributed by atoms with Crippen molar-refractivity contribution < 1.29 is 4.39 Å². The number of anilines is 1. The third-order valence-electron chi connectivity index (χ3n) is 5.96. The number of halogens is 1. The monoisotopic (exact) mass is 442 g/mol. The van der Waals surface area contributed by atoms with E-state index in [2.05, 4.69) is 37.5 Å². The molecule has 1 aliphatic rings. The molecule has 0 saturated carbocycles. The van der Waals surface area contributed by atoms with Crippen molar-refractivity contribution in [2.75, 3.05) is 31.1 Å². The zero-order valence-corrected chi connectivity index (χ0v) is 18.3. The van der Waals surface area contributed by atoms with E-state index >= 15 is 0 Å². The number of aryl methyl sites for hydroxylation is 1. The van der Waals surface area contributed by atoms with Gasteiger partial charge in [0.2, 0.25) is 0 Å². The molecule has 4 aromatic rings. The van der Waals surface area contributed by atoms with Gasteiger partial charge in [0.15, 0.2) is 5.82 Å². The highest BCUT2D eigenvalue weighted by Gasteiger charge is 2.22. The molecule has 3 heterocycles. The maximum atomic E-state index is 13.2. The lowest BCUT2D eigenvalue weighted by Gasteiger charge is -2.35. The van der Waals surface area contributed by atoms with Crippen LogP contribution in [0.5, 0.6) is 0 Å². The first kappa shape index (κ1) is 21.0. The number of pyridine rings is 1. The Morgan fingerprint density at radius 2 is 1.79 bits per heavy atom. The van der Waals surface area contributed by atoms with E-state index in [-0.39, 0.29) is 5.82 Å². The van der Waals surface area contributed by atoms with E-state index < -0.39 is 0 Å². The van der Waals surface area contributed by atoms with Gasteiger partial charge in [-0.1, -0.05) is 23.8 Å². The summed E-state index contributed by atoms with van der Waals surface area (Å²) in [5.41, 5.74) is 3.59. The summed E-state index contributed by atoms with van der Waals surface area (Å²) in [6.45, 7) is 6.29. The molecule has 5 rings (SSSR count). The number of nitrogens with zero attached hydrogens (tertiary/aromatic N) is 8. The van der Waals surface area contributed by atoms with Gasteiger partial charge in [-0.05, 0) is 53.2 Å². The summed E-state index contributed by atoms with van der Waals surface area (Å²) in [6, 6.07) is 16.7. The molecular formula is C24H23FN8. The summed E-state index contributed by atoms with van der Waals surface area (Å²) in [4.78, 5) is 9.27. The predicted octanol–water partition coefficient (Wildman–Crippen LogP) is 2.91. The summed E-state index contributed by atoms with van der Waals surface area (Å²) < 4.78 is 14.9. The Labute approximate surface area is 190 Å². The highest BCUT2D eigenvalue weighted by atomic mass is 19.1. The highest BCUT2D eigenvalue weighted by Crippen LogP contribution is 2.25. The van der Waals surface area contributed by atoms with Crippen LogP contribution in [0.3, 0.4) is 0 Å². The molecule has 0 aliphatic carbocycles. The molecular weight excluding hydrogens is 419 g/mol. The molecule has 0 spiro atoms. The molecule has 0 N–H and O–H groups in total. The van der Waals surface area contributed by atoms with Crippen molar-refractivity contribution in [2.45, 2.75) is 20.0 Å². The van der Waals surface area contributed by atoms with Crippen LogP contribution in [0.2, 0.25) is 0 Å².